The van der Waals surface area contributed by atoms with Gasteiger partial charge in [0.25, 0.3) is 5.91 Å². The number of amides is 1. The van der Waals surface area contributed by atoms with E-state index in [4.69, 9.17) is 9.47 Å². The Hall–Kier alpha value is -4.06. The Kier molecular flexibility index (Phi) is 8.67. The normalized spacial score (nSPS) is 12.7. The number of hydrogen-bond donors (Lipinski definition) is 2. The van der Waals surface area contributed by atoms with Gasteiger partial charge in [-0.2, -0.15) is 13.2 Å². The van der Waals surface area contributed by atoms with Gasteiger partial charge in [-0.05, 0) is 37.1 Å². The van der Waals surface area contributed by atoms with Crippen LogP contribution in [0.25, 0.3) is 10.4 Å². The number of hydrogen-bond acceptors (Lipinski definition) is 8. The van der Waals surface area contributed by atoms with E-state index in [1.54, 1.807) is 49.5 Å². The van der Waals surface area contributed by atoms with E-state index in [0.29, 0.717) is 16.0 Å². The second kappa shape index (κ2) is 11.5. The third kappa shape index (κ3) is 5.44. The van der Waals surface area contributed by atoms with Gasteiger partial charge in [0.2, 0.25) is 0 Å². The summed E-state index contributed by atoms with van der Waals surface area (Å²) < 4.78 is 58.9. The van der Waals surface area contributed by atoms with Crippen molar-refractivity contribution in [2.75, 3.05) is 26.1 Å². The topological polar surface area (TPSA) is 103 Å². The van der Waals surface area contributed by atoms with Crippen molar-refractivity contribution in [1.82, 2.24) is 5.32 Å². The van der Waals surface area contributed by atoms with Gasteiger partial charge in [0.1, 0.15) is 10.8 Å². The molecule has 8 nitrogen and oxygen atoms in total. The highest BCUT2D eigenvalue weighted by molar-refractivity contribution is 7.20. The van der Waals surface area contributed by atoms with Crippen LogP contribution in [0.1, 0.15) is 33.2 Å². The minimum atomic E-state index is -5.42. The predicted molar refractivity (Wildman–Crippen MR) is 135 cm³/mol. The number of carbonyl (C=O) groups excluding carboxylic acids is 3. The van der Waals surface area contributed by atoms with E-state index in [-0.39, 0.29) is 28.5 Å². The van der Waals surface area contributed by atoms with Gasteiger partial charge in [0.05, 0.1) is 32.0 Å². The van der Waals surface area contributed by atoms with E-state index in [1.165, 1.54) is 31.4 Å². The molecule has 0 saturated carbocycles. The average Bonchev–Trinajstić information content (AvgIpc) is 3.22. The smallest absolute Gasteiger partial charge is 0.441 e. The predicted octanol–water partition coefficient (Wildman–Crippen LogP) is 5.18. The first-order valence-electron chi connectivity index (χ1n) is 11.3. The molecule has 3 rings (SSSR count). The molecule has 0 unspecified atom stereocenters. The van der Waals surface area contributed by atoms with Crippen LogP contribution in [0, 0.1) is 6.92 Å². The number of benzene rings is 2. The second-order valence-corrected chi connectivity index (χ2v) is 8.89. The van der Waals surface area contributed by atoms with Gasteiger partial charge in [-0.25, -0.2) is 9.59 Å². The highest BCUT2D eigenvalue weighted by atomic mass is 32.1. The standard InChI is InChI=1S/C26H25F3N2O6S/c1-5-37-23(33)19-15(2)20(16-11-7-6-8-12-16)38-22(19)31-25(24(34)36-4,26(27,28)29)30-21(32)17-13-9-10-14-18(17)35-3/h6-14,31H,5H2,1-4H3,(H,30,32)/t25-/m0/s1. The molecule has 12 heteroatoms. The summed E-state index contributed by atoms with van der Waals surface area (Å²) in [5.41, 5.74) is -3.28. The van der Waals surface area contributed by atoms with Crippen molar-refractivity contribution in [1.29, 1.82) is 0 Å². The zero-order valence-electron chi connectivity index (χ0n) is 20.9. The molecule has 38 heavy (non-hydrogen) atoms. The lowest BCUT2D eigenvalue weighted by molar-refractivity contribution is -0.203. The zero-order chi connectivity index (χ0) is 28.1. The molecule has 1 aromatic heterocycles. The molecule has 0 aliphatic heterocycles. The van der Waals surface area contributed by atoms with Crippen LogP contribution in [0.5, 0.6) is 5.75 Å². The molecule has 0 aliphatic rings. The Morgan fingerprint density at radius 3 is 2.18 bits per heavy atom. The van der Waals surface area contributed by atoms with Gasteiger partial charge in [0, 0.05) is 4.88 Å². The molecule has 1 atom stereocenters. The van der Waals surface area contributed by atoms with Crippen LogP contribution < -0.4 is 15.4 Å². The van der Waals surface area contributed by atoms with Crippen molar-refractivity contribution in [2.24, 2.45) is 0 Å². The fourth-order valence-electron chi connectivity index (χ4n) is 3.70. The van der Waals surface area contributed by atoms with Crippen LogP contribution in [0.4, 0.5) is 18.2 Å². The van der Waals surface area contributed by atoms with Gasteiger partial charge >= 0.3 is 23.8 Å². The number of rotatable bonds is 9. The number of esters is 2. The Morgan fingerprint density at radius 1 is 0.974 bits per heavy atom. The lowest BCUT2D eigenvalue weighted by Crippen LogP contribution is -2.69. The van der Waals surface area contributed by atoms with Crippen LogP contribution in [-0.2, 0) is 14.3 Å². The van der Waals surface area contributed by atoms with E-state index in [0.717, 1.165) is 18.4 Å². The monoisotopic (exact) mass is 550 g/mol. The molecule has 2 aromatic carbocycles. The molecule has 0 aliphatic carbocycles. The number of alkyl halides is 3. The van der Waals surface area contributed by atoms with Crippen LogP contribution in [-0.4, -0.2) is 50.5 Å². The Labute approximate surface area is 220 Å². The summed E-state index contributed by atoms with van der Waals surface area (Å²) in [6.45, 7) is 3.06. The Bertz CT molecular complexity index is 1330. The largest absolute Gasteiger partial charge is 0.496 e. The lowest BCUT2D eigenvalue weighted by Gasteiger charge is -2.35. The molecule has 2 N–H and O–H groups in total. The number of anilines is 1. The summed E-state index contributed by atoms with van der Waals surface area (Å²) in [7, 11) is 1.99. The average molecular weight is 551 g/mol. The van der Waals surface area contributed by atoms with E-state index in [2.05, 4.69) is 10.1 Å². The van der Waals surface area contributed by atoms with Crippen LogP contribution in [0.2, 0.25) is 0 Å². The number of methoxy groups -OCH3 is 2. The number of nitrogens with one attached hydrogen (secondary N) is 2. The third-order valence-corrected chi connectivity index (χ3v) is 6.79. The fourth-order valence-corrected chi connectivity index (χ4v) is 4.96. The van der Waals surface area contributed by atoms with Gasteiger partial charge in [-0.15, -0.1) is 11.3 Å². The number of ether oxygens (including phenoxy) is 3. The van der Waals surface area contributed by atoms with Gasteiger partial charge < -0.3 is 24.8 Å². The summed E-state index contributed by atoms with van der Waals surface area (Å²) in [6.07, 6.45) is -5.42. The third-order valence-electron chi connectivity index (χ3n) is 5.53. The number of thiophene rings is 1. The molecule has 202 valence electrons. The molecule has 0 radical (unpaired) electrons. The minimum absolute atomic E-state index is 0.0171. The van der Waals surface area contributed by atoms with E-state index >= 15 is 0 Å². The summed E-state index contributed by atoms with van der Waals surface area (Å²) >= 11 is 0.799. The first-order valence-corrected chi connectivity index (χ1v) is 12.1. The maximum atomic E-state index is 14.7. The fraction of sp³-hybridized carbons (Fsp3) is 0.269. The van der Waals surface area contributed by atoms with Crippen molar-refractivity contribution in [3.05, 3.63) is 71.3 Å². The molecule has 1 amide bonds. The van der Waals surface area contributed by atoms with Crippen LogP contribution >= 0.6 is 11.3 Å². The summed E-state index contributed by atoms with van der Waals surface area (Å²) in [4.78, 5) is 39.2. The van der Waals surface area contributed by atoms with Crippen molar-refractivity contribution >= 4 is 34.2 Å². The highest BCUT2D eigenvalue weighted by Crippen LogP contribution is 2.43. The number of para-hydroxylation sites is 1. The van der Waals surface area contributed by atoms with Crippen LogP contribution in [0.15, 0.2) is 54.6 Å². The first kappa shape index (κ1) is 28.5. The van der Waals surface area contributed by atoms with Gasteiger partial charge in [-0.3, -0.25) is 4.79 Å². The molecule has 0 bridgehead atoms. The maximum Gasteiger partial charge on any atom is 0.441 e. The summed E-state index contributed by atoms with van der Waals surface area (Å²) in [6, 6.07) is 14.2. The molecule has 1 heterocycles. The Morgan fingerprint density at radius 2 is 1.61 bits per heavy atom. The molecule has 0 spiro atoms. The van der Waals surface area contributed by atoms with E-state index < -0.39 is 29.7 Å². The molecular weight excluding hydrogens is 525 g/mol. The SMILES string of the molecule is CCOC(=O)c1c(N[C@@](NC(=O)c2ccccc2OC)(C(=O)OC)C(F)(F)F)sc(-c2ccccc2)c1C. The molecule has 3 aromatic rings. The van der Waals surface area contributed by atoms with Gasteiger partial charge in [-0.1, -0.05) is 42.5 Å². The molecule has 0 saturated heterocycles. The van der Waals surface area contributed by atoms with Crippen molar-refractivity contribution in [3.8, 4) is 16.2 Å². The minimum Gasteiger partial charge on any atom is -0.496 e. The maximum absolute atomic E-state index is 14.7. The molecule has 0 fully saturated rings. The summed E-state index contributed by atoms with van der Waals surface area (Å²) in [5.74, 6) is -4.04. The highest BCUT2D eigenvalue weighted by Gasteiger charge is 2.64. The van der Waals surface area contributed by atoms with Crippen molar-refractivity contribution in [3.63, 3.8) is 0 Å². The number of halogens is 3. The van der Waals surface area contributed by atoms with Crippen molar-refractivity contribution < 1.29 is 41.8 Å². The van der Waals surface area contributed by atoms with Crippen molar-refractivity contribution in [2.45, 2.75) is 25.7 Å². The number of carbonyl (C=O) groups is 3. The quantitative estimate of drug-likeness (QED) is 0.280. The van der Waals surface area contributed by atoms with Gasteiger partial charge in [0.15, 0.2) is 0 Å². The van der Waals surface area contributed by atoms with E-state index in [9.17, 15) is 27.6 Å². The Balaban J connectivity index is 2.21. The summed E-state index contributed by atoms with van der Waals surface area (Å²) in [5, 5.41) is 3.51. The lowest BCUT2D eigenvalue weighted by atomic mass is 10.0. The first-order chi connectivity index (χ1) is 18.0. The second-order valence-electron chi connectivity index (χ2n) is 7.87. The van der Waals surface area contributed by atoms with Crippen LogP contribution in [0.3, 0.4) is 0 Å². The van der Waals surface area contributed by atoms with E-state index in [1.807, 2.05) is 0 Å². The zero-order valence-corrected chi connectivity index (χ0v) is 21.7. The molecular formula is C26H25F3N2O6S.